The van der Waals surface area contributed by atoms with E-state index >= 15 is 0 Å². The highest BCUT2D eigenvalue weighted by Crippen LogP contribution is 2.27. The number of halogens is 1. The second-order valence-electron chi connectivity index (χ2n) is 2.29. The fourth-order valence-corrected chi connectivity index (χ4v) is 0.922. The van der Waals surface area contributed by atoms with Crippen LogP contribution in [0.4, 0.5) is 11.4 Å². The molecule has 0 spiro atoms. The second-order valence-corrected chi connectivity index (χ2v) is 2.29. The summed E-state index contributed by atoms with van der Waals surface area (Å²) in [5.74, 6) is 5.61. The van der Waals surface area contributed by atoms with E-state index in [-0.39, 0.29) is 22.7 Å². The van der Waals surface area contributed by atoms with Crippen molar-refractivity contribution in [3.63, 3.8) is 0 Å². The van der Waals surface area contributed by atoms with Crippen LogP contribution in [0.5, 0.6) is 5.75 Å². The molecule has 0 bridgehead atoms. The van der Waals surface area contributed by atoms with Gasteiger partial charge >= 0.3 is 0 Å². The third-order valence-electron chi connectivity index (χ3n) is 1.55. The summed E-state index contributed by atoms with van der Waals surface area (Å²) in [5, 5.41) is 10.4. The van der Waals surface area contributed by atoms with Crippen LogP contribution in [0, 0.1) is 10.1 Å². The Labute approximate surface area is 90.9 Å². The van der Waals surface area contributed by atoms with E-state index in [2.05, 4.69) is 5.43 Å². The minimum Gasteiger partial charge on any atom is -0.495 e. The average Bonchev–Trinajstić information content (AvgIpc) is 2.16. The average molecular weight is 264 g/mol. The third kappa shape index (κ3) is 2.57. The van der Waals surface area contributed by atoms with Crippen LogP contribution in [0.3, 0.4) is 0 Å². The van der Waals surface area contributed by atoms with Crippen molar-refractivity contribution < 1.29 is 9.66 Å². The number of nitrogens with zero attached hydrogens (tertiary/aromatic N) is 1. The van der Waals surface area contributed by atoms with Crippen molar-refractivity contribution in [2.45, 2.75) is 0 Å². The molecule has 0 saturated carbocycles. The molecule has 0 amide bonds. The highest BCUT2D eigenvalue weighted by atomic mass is 79.9. The molecular weight excluding hydrogens is 254 g/mol. The van der Waals surface area contributed by atoms with E-state index in [1.54, 1.807) is 0 Å². The van der Waals surface area contributed by atoms with E-state index in [4.69, 9.17) is 10.6 Å². The van der Waals surface area contributed by atoms with Gasteiger partial charge in [0.1, 0.15) is 5.75 Å². The number of rotatable bonds is 3. The zero-order valence-electron chi connectivity index (χ0n) is 7.39. The van der Waals surface area contributed by atoms with Gasteiger partial charge in [0.05, 0.1) is 17.7 Å². The number of hydrogen-bond acceptors (Lipinski definition) is 5. The summed E-state index contributed by atoms with van der Waals surface area (Å²) >= 11 is 0. The number of anilines is 1. The van der Waals surface area contributed by atoms with Crippen LogP contribution < -0.4 is 16.0 Å². The fraction of sp³-hybridized carbons (Fsp3) is 0.143. The third-order valence-corrected chi connectivity index (χ3v) is 1.55. The number of nitrogen functional groups attached to an aromatic ring is 1. The van der Waals surface area contributed by atoms with Crippen LogP contribution in [0.15, 0.2) is 18.2 Å². The summed E-state index contributed by atoms with van der Waals surface area (Å²) < 4.78 is 4.91. The number of ether oxygens (including phenoxy) is 1. The number of nitro groups is 1. The van der Waals surface area contributed by atoms with E-state index in [1.165, 1.54) is 25.3 Å². The minimum atomic E-state index is -0.500. The summed E-state index contributed by atoms with van der Waals surface area (Å²) in [5.41, 5.74) is 2.66. The molecule has 0 aliphatic heterocycles. The molecule has 0 unspecified atom stereocenters. The molecule has 0 saturated heterocycles. The van der Waals surface area contributed by atoms with E-state index in [0.29, 0.717) is 11.4 Å². The van der Waals surface area contributed by atoms with Gasteiger partial charge in [-0.25, -0.2) is 0 Å². The van der Waals surface area contributed by atoms with Crippen molar-refractivity contribution in [2.75, 3.05) is 12.5 Å². The lowest BCUT2D eigenvalue weighted by atomic mass is 10.2. The molecule has 0 atom stereocenters. The maximum absolute atomic E-state index is 10.4. The van der Waals surface area contributed by atoms with Crippen molar-refractivity contribution in [3.8, 4) is 5.75 Å². The molecule has 7 heteroatoms. The standard InChI is InChI=1S/C7H9N3O3.BrH/c1-13-7-3-2-5(10(11)12)4-6(7)9-8;/h2-4,9H,8H2,1H3;1H. The molecule has 1 rings (SSSR count). The summed E-state index contributed by atoms with van der Waals surface area (Å²) in [7, 11) is 1.46. The van der Waals surface area contributed by atoms with Gasteiger partial charge in [-0.1, -0.05) is 0 Å². The van der Waals surface area contributed by atoms with Crippen molar-refractivity contribution in [1.29, 1.82) is 0 Å². The van der Waals surface area contributed by atoms with Crippen molar-refractivity contribution in [1.82, 2.24) is 0 Å². The first-order chi connectivity index (χ1) is 6.19. The van der Waals surface area contributed by atoms with Crippen molar-refractivity contribution in [3.05, 3.63) is 28.3 Å². The van der Waals surface area contributed by atoms with Gasteiger partial charge in [-0.2, -0.15) is 0 Å². The highest BCUT2D eigenvalue weighted by molar-refractivity contribution is 8.93. The Morgan fingerprint density at radius 3 is 2.64 bits per heavy atom. The Morgan fingerprint density at radius 1 is 1.57 bits per heavy atom. The Kier molecular flexibility index (Phi) is 4.89. The number of methoxy groups -OCH3 is 1. The van der Waals surface area contributed by atoms with Gasteiger partial charge in [-0.3, -0.25) is 16.0 Å². The number of nitrogens with two attached hydrogens (primary N) is 1. The summed E-state index contributed by atoms with van der Waals surface area (Å²) in [6.07, 6.45) is 0. The van der Waals surface area contributed by atoms with Gasteiger partial charge in [0, 0.05) is 12.1 Å². The van der Waals surface area contributed by atoms with Gasteiger partial charge in [0.15, 0.2) is 0 Å². The van der Waals surface area contributed by atoms with Gasteiger partial charge in [0.2, 0.25) is 0 Å². The van der Waals surface area contributed by atoms with Crippen LogP contribution >= 0.6 is 17.0 Å². The Bertz CT molecular complexity index is 332. The largest absolute Gasteiger partial charge is 0.495 e. The molecule has 0 radical (unpaired) electrons. The molecule has 1 aromatic carbocycles. The molecule has 0 fully saturated rings. The number of hydrogen-bond donors (Lipinski definition) is 2. The van der Waals surface area contributed by atoms with Crippen molar-refractivity contribution >= 4 is 28.4 Å². The Balaban J connectivity index is 0.00000169. The molecule has 0 aromatic heterocycles. The molecule has 0 aliphatic rings. The second kappa shape index (κ2) is 5.40. The van der Waals surface area contributed by atoms with Gasteiger partial charge < -0.3 is 10.2 Å². The van der Waals surface area contributed by atoms with Crippen LogP contribution in [-0.2, 0) is 0 Å². The fourth-order valence-electron chi connectivity index (χ4n) is 0.922. The zero-order valence-corrected chi connectivity index (χ0v) is 9.10. The van der Waals surface area contributed by atoms with Crippen LogP contribution in [0.2, 0.25) is 0 Å². The summed E-state index contributed by atoms with van der Waals surface area (Å²) in [6.45, 7) is 0. The first kappa shape index (κ1) is 12.7. The van der Waals surface area contributed by atoms with Crippen molar-refractivity contribution in [2.24, 2.45) is 5.84 Å². The number of hydrazine groups is 1. The normalized spacial score (nSPS) is 8.71. The van der Waals surface area contributed by atoms with E-state index in [0.717, 1.165) is 0 Å². The first-order valence-corrected chi connectivity index (χ1v) is 3.48. The summed E-state index contributed by atoms with van der Waals surface area (Å²) in [6, 6.07) is 4.13. The molecule has 0 heterocycles. The number of non-ortho nitro benzene ring substituents is 1. The van der Waals surface area contributed by atoms with Gasteiger partial charge in [0.25, 0.3) is 5.69 Å². The number of nitrogens with one attached hydrogen (secondary N) is 1. The SMILES string of the molecule is Br.COc1ccc([N+](=O)[O-])cc1NN. The molecular formula is C7H10BrN3O3. The Hall–Kier alpha value is -1.34. The van der Waals surface area contributed by atoms with Gasteiger partial charge in [-0.15, -0.1) is 17.0 Å². The predicted molar refractivity (Wildman–Crippen MR) is 57.8 cm³/mol. The topological polar surface area (TPSA) is 90.4 Å². The van der Waals surface area contributed by atoms with Crippen LogP contribution in [0.1, 0.15) is 0 Å². The Morgan fingerprint density at radius 2 is 2.21 bits per heavy atom. The quantitative estimate of drug-likeness (QED) is 0.490. The highest BCUT2D eigenvalue weighted by Gasteiger charge is 2.09. The lowest BCUT2D eigenvalue weighted by Crippen LogP contribution is -2.08. The maximum Gasteiger partial charge on any atom is 0.271 e. The molecule has 1 aromatic rings. The van der Waals surface area contributed by atoms with Crippen LogP contribution in [-0.4, -0.2) is 12.0 Å². The smallest absolute Gasteiger partial charge is 0.271 e. The van der Waals surface area contributed by atoms with E-state index in [9.17, 15) is 10.1 Å². The first-order valence-electron chi connectivity index (χ1n) is 3.48. The molecule has 0 aliphatic carbocycles. The lowest BCUT2D eigenvalue weighted by Gasteiger charge is -2.06. The van der Waals surface area contributed by atoms with E-state index in [1.807, 2.05) is 0 Å². The maximum atomic E-state index is 10.4. The molecule has 3 N–H and O–H groups in total. The number of benzene rings is 1. The van der Waals surface area contributed by atoms with Crippen LogP contribution in [0.25, 0.3) is 0 Å². The minimum absolute atomic E-state index is 0. The molecule has 6 nitrogen and oxygen atoms in total. The van der Waals surface area contributed by atoms with E-state index < -0.39 is 4.92 Å². The lowest BCUT2D eigenvalue weighted by molar-refractivity contribution is -0.384. The molecule has 78 valence electrons. The zero-order chi connectivity index (χ0) is 9.84. The molecule has 14 heavy (non-hydrogen) atoms. The predicted octanol–water partition coefficient (Wildman–Crippen LogP) is 1.47. The number of nitro benzene ring substituents is 1. The van der Waals surface area contributed by atoms with Gasteiger partial charge in [-0.05, 0) is 6.07 Å². The summed E-state index contributed by atoms with van der Waals surface area (Å²) in [4.78, 5) is 9.87. The monoisotopic (exact) mass is 263 g/mol.